The highest BCUT2D eigenvalue weighted by Gasteiger charge is 2.24. The quantitative estimate of drug-likeness (QED) is 0.388. The molecule has 9 nitrogen and oxygen atoms in total. The van der Waals surface area contributed by atoms with Gasteiger partial charge in [0.2, 0.25) is 0 Å². The van der Waals surface area contributed by atoms with Gasteiger partial charge in [0.15, 0.2) is 0 Å². The molecule has 0 atom stereocenters. The zero-order valence-electron chi connectivity index (χ0n) is 18.6. The first kappa shape index (κ1) is 23.8. The largest absolute Gasteiger partial charge is 0.513 e. The van der Waals surface area contributed by atoms with Crippen molar-refractivity contribution < 1.29 is 33.4 Å². The molecule has 0 unspecified atom stereocenters. The summed E-state index contributed by atoms with van der Waals surface area (Å²) in [5.74, 6) is -0.199. The maximum absolute atomic E-state index is 12.9. The minimum absolute atomic E-state index is 0.163. The van der Waals surface area contributed by atoms with Crippen LogP contribution in [0.15, 0.2) is 48.5 Å². The molecule has 1 aliphatic heterocycles. The molecule has 0 spiro atoms. The van der Waals surface area contributed by atoms with Crippen molar-refractivity contribution in [3.63, 3.8) is 0 Å². The Hall–Kier alpha value is -3.88. The number of amides is 2. The number of esters is 1. The molecule has 0 N–H and O–H groups in total. The lowest BCUT2D eigenvalue weighted by atomic mass is 10.2. The molecule has 0 aliphatic carbocycles. The third-order valence-electron chi connectivity index (χ3n) is 4.98. The van der Waals surface area contributed by atoms with E-state index >= 15 is 0 Å². The molecule has 1 fully saturated rings. The van der Waals surface area contributed by atoms with Crippen molar-refractivity contribution in [2.75, 3.05) is 32.8 Å². The number of hydrogen-bond donors (Lipinski definition) is 0. The van der Waals surface area contributed by atoms with Gasteiger partial charge < -0.3 is 24.0 Å². The zero-order chi connectivity index (χ0) is 23.8. The molecule has 0 radical (unpaired) electrons. The molecular formula is C24H26N2O7. The van der Waals surface area contributed by atoms with Crippen LogP contribution in [0.1, 0.15) is 41.0 Å². The third-order valence-corrected chi connectivity index (χ3v) is 4.98. The van der Waals surface area contributed by atoms with Gasteiger partial charge in [0.1, 0.15) is 11.5 Å². The number of ether oxygens (including phenoxy) is 3. The van der Waals surface area contributed by atoms with E-state index in [1.54, 1.807) is 47.1 Å². The molecule has 0 aromatic heterocycles. The Balaban J connectivity index is 1.60. The molecule has 9 heteroatoms. The summed E-state index contributed by atoms with van der Waals surface area (Å²) in [7, 11) is 0. The SMILES string of the molecule is CCOC(=O)Oc1ccc(C(=O)N2CCCN(C(=O)c3cccc(OC(C)=O)c3)CC2)cc1. The van der Waals surface area contributed by atoms with Crippen molar-refractivity contribution >= 4 is 23.9 Å². The van der Waals surface area contributed by atoms with E-state index in [9.17, 15) is 19.2 Å². The van der Waals surface area contributed by atoms with E-state index < -0.39 is 12.1 Å². The number of carbonyl (C=O) groups is 4. The Bertz CT molecular complexity index is 1020. The van der Waals surface area contributed by atoms with Gasteiger partial charge in [-0.2, -0.15) is 0 Å². The predicted octanol–water partition coefficient (Wildman–Crippen LogP) is 3.14. The molecular weight excluding hydrogens is 428 g/mol. The Morgan fingerprint density at radius 2 is 1.42 bits per heavy atom. The fourth-order valence-electron chi connectivity index (χ4n) is 3.46. The molecule has 1 heterocycles. The average molecular weight is 454 g/mol. The molecule has 3 rings (SSSR count). The number of rotatable bonds is 5. The van der Waals surface area contributed by atoms with Crippen LogP contribution in [0.5, 0.6) is 11.5 Å². The number of hydrogen-bond acceptors (Lipinski definition) is 7. The fraction of sp³-hybridized carbons (Fsp3) is 0.333. The average Bonchev–Trinajstić information content (AvgIpc) is 3.05. The monoisotopic (exact) mass is 454 g/mol. The molecule has 2 amide bonds. The summed E-state index contributed by atoms with van der Waals surface area (Å²) in [5, 5.41) is 0. The maximum atomic E-state index is 12.9. The van der Waals surface area contributed by atoms with Crippen LogP contribution < -0.4 is 9.47 Å². The standard InChI is InChI=1S/C24H26N2O7/c1-3-31-24(30)33-20-10-8-18(9-11-20)22(28)25-12-5-13-26(15-14-25)23(29)19-6-4-7-21(16-19)32-17(2)27/h4,6-11,16H,3,5,12-15H2,1-2H3. The van der Waals surface area contributed by atoms with Crippen LogP contribution in [0.2, 0.25) is 0 Å². The highest BCUT2D eigenvalue weighted by atomic mass is 16.7. The molecule has 0 bridgehead atoms. The van der Waals surface area contributed by atoms with E-state index in [0.29, 0.717) is 49.5 Å². The van der Waals surface area contributed by atoms with Gasteiger partial charge in [-0.1, -0.05) is 6.07 Å². The van der Waals surface area contributed by atoms with Crippen molar-refractivity contribution in [2.24, 2.45) is 0 Å². The Kier molecular flexibility index (Phi) is 8.01. The second kappa shape index (κ2) is 11.1. The van der Waals surface area contributed by atoms with Crippen molar-refractivity contribution in [3.05, 3.63) is 59.7 Å². The lowest BCUT2D eigenvalue weighted by Gasteiger charge is -2.22. The molecule has 2 aromatic carbocycles. The van der Waals surface area contributed by atoms with E-state index in [0.717, 1.165) is 0 Å². The van der Waals surface area contributed by atoms with Gasteiger partial charge in [0, 0.05) is 44.2 Å². The van der Waals surface area contributed by atoms with E-state index in [2.05, 4.69) is 0 Å². The maximum Gasteiger partial charge on any atom is 0.513 e. The first-order valence-electron chi connectivity index (χ1n) is 10.7. The van der Waals surface area contributed by atoms with E-state index in [1.807, 2.05) is 0 Å². The van der Waals surface area contributed by atoms with Crippen molar-refractivity contribution in [1.29, 1.82) is 0 Å². The lowest BCUT2D eigenvalue weighted by molar-refractivity contribution is -0.131. The molecule has 1 aliphatic rings. The molecule has 0 saturated carbocycles. The highest BCUT2D eigenvalue weighted by Crippen LogP contribution is 2.18. The van der Waals surface area contributed by atoms with Crippen LogP contribution in [0.3, 0.4) is 0 Å². The number of carbonyl (C=O) groups excluding carboxylic acids is 4. The van der Waals surface area contributed by atoms with Gasteiger partial charge in [-0.05, 0) is 55.8 Å². The number of benzene rings is 2. The third kappa shape index (κ3) is 6.55. The minimum atomic E-state index is -0.799. The number of nitrogens with zero attached hydrogens (tertiary/aromatic N) is 2. The van der Waals surface area contributed by atoms with Gasteiger partial charge in [-0.3, -0.25) is 14.4 Å². The first-order valence-corrected chi connectivity index (χ1v) is 10.7. The van der Waals surface area contributed by atoms with Crippen molar-refractivity contribution in [1.82, 2.24) is 9.80 Å². The summed E-state index contributed by atoms with van der Waals surface area (Å²) in [6.07, 6.45) is -0.169. The van der Waals surface area contributed by atoms with Crippen molar-refractivity contribution in [3.8, 4) is 11.5 Å². The molecule has 174 valence electrons. The molecule has 33 heavy (non-hydrogen) atoms. The first-order chi connectivity index (χ1) is 15.9. The fourth-order valence-corrected chi connectivity index (χ4v) is 3.46. The summed E-state index contributed by atoms with van der Waals surface area (Å²) in [6.45, 7) is 4.97. The van der Waals surface area contributed by atoms with E-state index in [1.165, 1.54) is 25.1 Å². The normalized spacial score (nSPS) is 13.6. The Morgan fingerprint density at radius 1 is 0.788 bits per heavy atom. The topological polar surface area (TPSA) is 102 Å². The summed E-state index contributed by atoms with van der Waals surface area (Å²) in [6, 6.07) is 12.7. The van der Waals surface area contributed by atoms with Crippen LogP contribution in [-0.2, 0) is 9.53 Å². The smallest absolute Gasteiger partial charge is 0.434 e. The second-order valence-corrected chi connectivity index (χ2v) is 7.37. The zero-order valence-corrected chi connectivity index (χ0v) is 18.6. The lowest BCUT2D eigenvalue weighted by Crippen LogP contribution is -2.37. The predicted molar refractivity (Wildman–Crippen MR) is 118 cm³/mol. The van der Waals surface area contributed by atoms with Gasteiger partial charge >= 0.3 is 12.1 Å². The van der Waals surface area contributed by atoms with Gasteiger partial charge in [0.05, 0.1) is 6.61 Å². The Morgan fingerprint density at radius 3 is 2.03 bits per heavy atom. The van der Waals surface area contributed by atoms with Gasteiger partial charge in [-0.15, -0.1) is 0 Å². The van der Waals surface area contributed by atoms with Crippen LogP contribution >= 0.6 is 0 Å². The summed E-state index contributed by atoms with van der Waals surface area (Å²) in [5.41, 5.74) is 0.880. The van der Waals surface area contributed by atoms with Crippen molar-refractivity contribution in [2.45, 2.75) is 20.3 Å². The van der Waals surface area contributed by atoms with Crippen LogP contribution in [-0.4, -0.2) is 66.5 Å². The van der Waals surface area contributed by atoms with Crippen LogP contribution in [0.4, 0.5) is 4.79 Å². The van der Waals surface area contributed by atoms with Crippen LogP contribution in [0.25, 0.3) is 0 Å². The highest BCUT2D eigenvalue weighted by molar-refractivity contribution is 5.96. The summed E-state index contributed by atoms with van der Waals surface area (Å²) >= 11 is 0. The van der Waals surface area contributed by atoms with Gasteiger partial charge in [0.25, 0.3) is 11.8 Å². The van der Waals surface area contributed by atoms with Gasteiger partial charge in [-0.25, -0.2) is 4.79 Å². The summed E-state index contributed by atoms with van der Waals surface area (Å²) < 4.78 is 14.8. The van der Waals surface area contributed by atoms with E-state index in [4.69, 9.17) is 14.2 Å². The van der Waals surface area contributed by atoms with Crippen LogP contribution in [0, 0.1) is 0 Å². The minimum Gasteiger partial charge on any atom is -0.434 e. The molecule has 1 saturated heterocycles. The van der Waals surface area contributed by atoms with E-state index in [-0.39, 0.29) is 24.2 Å². The second-order valence-electron chi connectivity index (χ2n) is 7.37. The summed E-state index contributed by atoms with van der Waals surface area (Å²) in [4.78, 5) is 51.8. The Labute approximate surface area is 191 Å². The molecule has 2 aromatic rings.